The highest BCUT2D eigenvalue weighted by atomic mass is 15.2. The maximum absolute atomic E-state index is 5.47. The molecule has 2 N–H and O–H groups in total. The number of aromatic nitrogens is 2. The molecule has 0 amide bonds. The van der Waals surface area contributed by atoms with Gasteiger partial charge in [-0.25, -0.2) is 9.97 Å². The van der Waals surface area contributed by atoms with E-state index in [0.29, 0.717) is 17.8 Å². The van der Waals surface area contributed by atoms with Crippen LogP contribution in [0.4, 0.5) is 11.6 Å². The van der Waals surface area contributed by atoms with Crippen molar-refractivity contribution >= 4 is 11.6 Å². The zero-order chi connectivity index (χ0) is 10.7. The molecule has 0 aliphatic rings. The van der Waals surface area contributed by atoms with Crippen molar-refractivity contribution in [2.24, 2.45) is 5.92 Å². The molecule has 0 aromatic carbocycles. The van der Waals surface area contributed by atoms with Gasteiger partial charge in [-0.3, -0.25) is 0 Å². The molecule has 1 rings (SSSR count). The van der Waals surface area contributed by atoms with E-state index in [1.54, 1.807) is 12.4 Å². The van der Waals surface area contributed by atoms with Crippen LogP contribution in [0.1, 0.15) is 20.8 Å². The fourth-order valence-electron chi connectivity index (χ4n) is 1.17. The number of nitrogen functional groups attached to an aromatic ring is 1. The molecule has 0 radical (unpaired) electrons. The molecule has 78 valence electrons. The summed E-state index contributed by atoms with van der Waals surface area (Å²) in [6, 6.07) is 0.438. The minimum Gasteiger partial charge on any atom is -0.382 e. The van der Waals surface area contributed by atoms with E-state index in [1.165, 1.54) is 0 Å². The predicted molar refractivity (Wildman–Crippen MR) is 59.1 cm³/mol. The van der Waals surface area contributed by atoms with Crippen LogP contribution >= 0.6 is 0 Å². The highest BCUT2D eigenvalue weighted by Crippen LogP contribution is 2.15. The largest absolute Gasteiger partial charge is 0.382 e. The average Bonchev–Trinajstić information content (AvgIpc) is 2.16. The Morgan fingerprint density at radius 1 is 1.21 bits per heavy atom. The second-order valence-electron chi connectivity index (χ2n) is 3.89. The van der Waals surface area contributed by atoms with Gasteiger partial charge in [-0.15, -0.1) is 0 Å². The summed E-state index contributed by atoms with van der Waals surface area (Å²) in [5, 5.41) is 0. The van der Waals surface area contributed by atoms with Crippen molar-refractivity contribution in [3.8, 4) is 0 Å². The van der Waals surface area contributed by atoms with E-state index in [9.17, 15) is 0 Å². The molecule has 1 atom stereocenters. The molecule has 0 aliphatic carbocycles. The molecule has 0 bridgehead atoms. The van der Waals surface area contributed by atoms with Gasteiger partial charge < -0.3 is 10.6 Å². The molecule has 1 unspecified atom stereocenters. The van der Waals surface area contributed by atoms with Crippen LogP contribution in [-0.2, 0) is 0 Å². The Morgan fingerprint density at radius 2 is 1.86 bits per heavy atom. The van der Waals surface area contributed by atoms with Crippen molar-refractivity contribution in [1.29, 1.82) is 0 Å². The van der Waals surface area contributed by atoms with Crippen LogP contribution in [0.5, 0.6) is 0 Å². The van der Waals surface area contributed by atoms with Gasteiger partial charge >= 0.3 is 0 Å². The fourth-order valence-corrected chi connectivity index (χ4v) is 1.17. The van der Waals surface area contributed by atoms with Crippen molar-refractivity contribution in [1.82, 2.24) is 9.97 Å². The van der Waals surface area contributed by atoms with Crippen molar-refractivity contribution < 1.29 is 0 Å². The van der Waals surface area contributed by atoms with Crippen LogP contribution in [0.2, 0.25) is 0 Å². The van der Waals surface area contributed by atoms with Crippen LogP contribution in [0.3, 0.4) is 0 Å². The Kier molecular flexibility index (Phi) is 3.28. The Morgan fingerprint density at radius 3 is 2.29 bits per heavy atom. The smallest absolute Gasteiger partial charge is 0.147 e. The lowest BCUT2D eigenvalue weighted by molar-refractivity contribution is 0.502. The molecule has 4 heteroatoms. The molecule has 1 aromatic heterocycles. The van der Waals surface area contributed by atoms with Gasteiger partial charge in [0.05, 0.1) is 12.4 Å². The first-order chi connectivity index (χ1) is 6.52. The van der Waals surface area contributed by atoms with Gasteiger partial charge in [-0.2, -0.15) is 0 Å². The summed E-state index contributed by atoms with van der Waals surface area (Å²) in [5.41, 5.74) is 5.47. The summed E-state index contributed by atoms with van der Waals surface area (Å²) in [6.45, 7) is 6.54. The van der Waals surface area contributed by atoms with Crippen molar-refractivity contribution in [3.63, 3.8) is 0 Å². The quantitative estimate of drug-likeness (QED) is 0.793. The van der Waals surface area contributed by atoms with Gasteiger partial charge in [0.2, 0.25) is 0 Å². The molecule has 0 fully saturated rings. The summed E-state index contributed by atoms with van der Waals surface area (Å²) >= 11 is 0. The topological polar surface area (TPSA) is 55.0 Å². The van der Waals surface area contributed by atoms with Gasteiger partial charge in [0.1, 0.15) is 11.6 Å². The van der Waals surface area contributed by atoms with E-state index in [2.05, 4.69) is 35.6 Å². The molecule has 0 spiro atoms. The number of anilines is 2. The first-order valence-corrected chi connectivity index (χ1v) is 4.82. The maximum Gasteiger partial charge on any atom is 0.147 e. The van der Waals surface area contributed by atoms with E-state index >= 15 is 0 Å². The third-order valence-electron chi connectivity index (χ3n) is 2.60. The van der Waals surface area contributed by atoms with Gasteiger partial charge in [0.15, 0.2) is 0 Å². The van der Waals surface area contributed by atoms with Gasteiger partial charge in [0.25, 0.3) is 0 Å². The zero-order valence-electron chi connectivity index (χ0n) is 9.23. The molecule has 0 saturated heterocycles. The molecule has 1 heterocycles. The molecular weight excluding hydrogens is 176 g/mol. The lowest BCUT2D eigenvalue weighted by atomic mass is 10.1. The second-order valence-corrected chi connectivity index (χ2v) is 3.89. The number of hydrogen-bond acceptors (Lipinski definition) is 4. The van der Waals surface area contributed by atoms with Gasteiger partial charge in [0, 0.05) is 13.1 Å². The van der Waals surface area contributed by atoms with E-state index in [-0.39, 0.29) is 0 Å². The zero-order valence-corrected chi connectivity index (χ0v) is 9.23. The Labute approximate surface area is 85.2 Å². The second kappa shape index (κ2) is 4.26. The Bertz CT molecular complexity index is 281. The number of nitrogens with zero attached hydrogens (tertiary/aromatic N) is 3. The highest BCUT2D eigenvalue weighted by Gasteiger charge is 2.14. The molecule has 4 nitrogen and oxygen atoms in total. The predicted octanol–water partition coefficient (Wildman–Crippen LogP) is 1.54. The molecule has 14 heavy (non-hydrogen) atoms. The van der Waals surface area contributed by atoms with Crippen LogP contribution < -0.4 is 10.6 Å². The molecule has 1 aromatic rings. The van der Waals surface area contributed by atoms with Crippen LogP contribution in [0.25, 0.3) is 0 Å². The van der Waals surface area contributed by atoms with E-state index in [4.69, 9.17) is 5.73 Å². The number of rotatable bonds is 3. The third-order valence-corrected chi connectivity index (χ3v) is 2.60. The summed E-state index contributed by atoms with van der Waals surface area (Å²) in [4.78, 5) is 10.3. The van der Waals surface area contributed by atoms with Crippen LogP contribution in [-0.4, -0.2) is 23.1 Å². The Balaban J connectivity index is 2.78. The van der Waals surface area contributed by atoms with Crippen molar-refractivity contribution in [2.45, 2.75) is 26.8 Å². The SMILES string of the molecule is CC(C)C(C)N(C)c1cnc(N)cn1. The third kappa shape index (κ3) is 2.34. The summed E-state index contributed by atoms with van der Waals surface area (Å²) < 4.78 is 0. The first-order valence-electron chi connectivity index (χ1n) is 4.82. The summed E-state index contributed by atoms with van der Waals surface area (Å²) in [6.07, 6.45) is 3.28. The van der Waals surface area contributed by atoms with Crippen molar-refractivity contribution in [3.05, 3.63) is 12.4 Å². The van der Waals surface area contributed by atoms with E-state index in [1.807, 2.05) is 7.05 Å². The molecular formula is C10H18N4. The van der Waals surface area contributed by atoms with E-state index in [0.717, 1.165) is 5.82 Å². The number of hydrogen-bond donors (Lipinski definition) is 1. The summed E-state index contributed by atoms with van der Waals surface area (Å²) in [7, 11) is 2.02. The Hall–Kier alpha value is -1.32. The maximum atomic E-state index is 5.47. The molecule has 0 aliphatic heterocycles. The number of nitrogens with two attached hydrogens (primary N) is 1. The van der Waals surface area contributed by atoms with Crippen LogP contribution in [0, 0.1) is 5.92 Å². The molecule has 0 saturated carbocycles. The van der Waals surface area contributed by atoms with Gasteiger partial charge in [-0.1, -0.05) is 13.8 Å². The average molecular weight is 194 g/mol. The first kappa shape index (κ1) is 10.8. The minimum atomic E-state index is 0.438. The highest BCUT2D eigenvalue weighted by molar-refractivity contribution is 5.39. The lowest BCUT2D eigenvalue weighted by Gasteiger charge is -2.28. The lowest BCUT2D eigenvalue weighted by Crippen LogP contribution is -2.33. The van der Waals surface area contributed by atoms with E-state index < -0.39 is 0 Å². The minimum absolute atomic E-state index is 0.438. The summed E-state index contributed by atoms with van der Waals surface area (Å²) in [5.74, 6) is 1.90. The van der Waals surface area contributed by atoms with Gasteiger partial charge in [-0.05, 0) is 12.8 Å². The monoisotopic (exact) mass is 194 g/mol. The van der Waals surface area contributed by atoms with Crippen LogP contribution in [0.15, 0.2) is 12.4 Å². The fraction of sp³-hybridized carbons (Fsp3) is 0.600. The normalized spacial score (nSPS) is 12.9. The standard InChI is InChI=1S/C10H18N4/c1-7(2)8(3)14(4)10-6-12-9(11)5-13-10/h5-8H,1-4H3,(H2,11,12). The van der Waals surface area contributed by atoms with Crippen molar-refractivity contribution in [2.75, 3.05) is 17.7 Å².